The highest BCUT2D eigenvalue weighted by atomic mass is 16.5. The molecular formula is C10H15N3O5. The summed E-state index contributed by atoms with van der Waals surface area (Å²) in [4.78, 5) is 21.8. The second kappa shape index (κ2) is 7.41. The third-order valence-corrected chi connectivity index (χ3v) is 1.99. The highest BCUT2D eigenvalue weighted by Crippen LogP contribution is 2.02. The van der Waals surface area contributed by atoms with Crippen LogP contribution < -0.4 is 10.6 Å². The highest BCUT2D eigenvalue weighted by molar-refractivity contribution is 5.85. The van der Waals surface area contributed by atoms with Crippen LogP contribution in [0.1, 0.15) is 16.2 Å². The zero-order valence-corrected chi connectivity index (χ0v) is 9.93. The first-order chi connectivity index (χ1) is 8.63. The lowest BCUT2D eigenvalue weighted by molar-refractivity contribution is -0.120. The van der Waals surface area contributed by atoms with Crippen molar-refractivity contribution in [3.05, 3.63) is 17.5 Å². The molecule has 0 atom stereocenters. The number of amides is 1. The largest absolute Gasteiger partial charge is 0.476 e. The topological polar surface area (TPSA) is 114 Å². The fraction of sp³-hybridized carbons (Fsp3) is 0.500. The lowest BCUT2D eigenvalue weighted by Crippen LogP contribution is -2.35. The fourth-order valence-electron chi connectivity index (χ4n) is 1.15. The molecule has 0 unspecified atom stereocenters. The zero-order valence-electron chi connectivity index (χ0n) is 9.93. The second-order valence-corrected chi connectivity index (χ2v) is 3.43. The number of aromatic carboxylic acids is 1. The first-order valence-electron chi connectivity index (χ1n) is 5.28. The maximum absolute atomic E-state index is 11.3. The minimum absolute atomic E-state index is 0.104. The van der Waals surface area contributed by atoms with E-state index in [0.717, 1.165) is 0 Å². The van der Waals surface area contributed by atoms with E-state index in [0.29, 0.717) is 18.9 Å². The van der Waals surface area contributed by atoms with E-state index in [1.165, 1.54) is 6.07 Å². The van der Waals surface area contributed by atoms with Gasteiger partial charge in [0.15, 0.2) is 11.5 Å². The van der Waals surface area contributed by atoms with E-state index in [-0.39, 0.29) is 24.7 Å². The Morgan fingerprint density at radius 3 is 2.94 bits per heavy atom. The zero-order chi connectivity index (χ0) is 13.4. The molecule has 1 aromatic rings. The fourth-order valence-corrected chi connectivity index (χ4v) is 1.15. The summed E-state index contributed by atoms with van der Waals surface area (Å²) < 4.78 is 9.54. The summed E-state index contributed by atoms with van der Waals surface area (Å²) in [6, 6.07) is 1.30. The molecule has 0 spiro atoms. The highest BCUT2D eigenvalue weighted by Gasteiger charge is 2.10. The van der Waals surface area contributed by atoms with E-state index >= 15 is 0 Å². The number of hydrogen-bond acceptors (Lipinski definition) is 6. The van der Waals surface area contributed by atoms with Crippen molar-refractivity contribution >= 4 is 11.9 Å². The van der Waals surface area contributed by atoms with Gasteiger partial charge in [-0.3, -0.25) is 4.79 Å². The van der Waals surface area contributed by atoms with Crippen LogP contribution in [0.25, 0.3) is 0 Å². The average Bonchev–Trinajstić information content (AvgIpc) is 2.78. The minimum Gasteiger partial charge on any atom is -0.476 e. The Bertz CT molecular complexity index is 404. The van der Waals surface area contributed by atoms with Crippen LogP contribution in [0.4, 0.5) is 0 Å². The average molecular weight is 257 g/mol. The van der Waals surface area contributed by atoms with Crippen molar-refractivity contribution in [3.8, 4) is 0 Å². The van der Waals surface area contributed by atoms with Crippen LogP contribution in [0.15, 0.2) is 10.6 Å². The third kappa shape index (κ3) is 4.93. The van der Waals surface area contributed by atoms with Gasteiger partial charge < -0.3 is 25.0 Å². The van der Waals surface area contributed by atoms with E-state index in [1.807, 2.05) is 0 Å². The van der Waals surface area contributed by atoms with Crippen LogP contribution in [0.5, 0.6) is 0 Å². The molecule has 1 heterocycles. The summed E-state index contributed by atoms with van der Waals surface area (Å²) in [5, 5.41) is 17.4. The second-order valence-electron chi connectivity index (χ2n) is 3.43. The first kappa shape index (κ1) is 14.1. The molecule has 8 heteroatoms. The van der Waals surface area contributed by atoms with Gasteiger partial charge in [0, 0.05) is 19.7 Å². The molecule has 8 nitrogen and oxygen atoms in total. The van der Waals surface area contributed by atoms with Crippen LogP contribution in [0.3, 0.4) is 0 Å². The number of nitrogens with one attached hydrogen (secondary N) is 2. The summed E-state index contributed by atoms with van der Waals surface area (Å²) in [7, 11) is 1.55. The van der Waals surface area contributed by atoms with Crippen LogP contribution in [0, 0.1) is 0 Å². The smallest absolute Gasteiger partial charge is 0.358 e. The summed E-state index contributed by atoms with van der Waals surface area (Å²) in [5.41, 5.74) is -0.156. The molecule has 0 radical (unpaired) electrons. The van der Waals surface area contributed by atoms with Gasteiger partial charge in [-0.2, -0.15) is 0 Å². The van der Waals surface area contributed by atoms with Crippen molar-refractivity contribution in [2.75, 3.05) is 26.8 Å². The normalized spacial score (nSPS) is 10.3. The first-order valence-corrected chi connectivity index (χ1v) is 5.28. The number of carboxylic acid groups (broad SMARTS) is 1. The van der Waals surface area contributed by atoms with Gasteiger partial charge >= 0.3 is 5.97 Å². The molecule has 1 aromatic heterocycles. The monoisotopic (exact) mass is 257 g/mol. The van der Waals surface area contributed by atoms with Crippen molar-refractivity contribution in [3.63, 3.8) is 0 Å². The summed E-state index contributed by atoms with van der Waals surface area (Å²) >= 11 is 0. The molecule has 0 aliphatic carbocycles. The molecule has 0 fully saturated rings. The van der Waals surface area contributed by atoms with E-state index in [9.17, 15) is 9.59 Å². The summed E-state index contributed by atoms with van der Waals surface area (Å²) in [6.07, 6.45) is 0. The van der Waals surface area contributed by atoms with Gasteiger partial charge in [-0.15, -0.1) is 0 Å². The van der Waals surface area contributed by atoms with Gasteiger partial charge in [-0.25, -0.2) is 4.79 Å². The molecule has 0 aromatic carbocycles. The number of methoxy groups -OCH3 is 1. The molecule has 1 rings (SSSR count). The van der Waals surface area contributed by atoms with Crippen LogP contribution in [0.2, 0.25) is 0 Å². The standard InChI is InChI=1S/C10H15N3O5/c1-17-3-2-12-9(14)6-11-5-7-4-8(10(15)16)13-18-7/h4,11H,2-3,5-6H2,1H3,(H,12,14)(H,15,16). The number of nitrogens with zero attached hydrogens (tertiary/aromatic N) is 1. The molecule has 0 aliphatic rings. The minimum atomic E-state index is -1.15. The number of aromatic nitrogens is 1. The molecule has 100 valence electrons. The number of hydrogen-bond donors (Lipinski definition) is 3. The third-order valence-electron chi connectivity index (χ3n) is 1.99. The van der Waals surface area contributed by atoms with Gasteiger partial charge in [0.1, 0.15) is 0 Å². The van der Waals surface area contributed by atoms with Gasteiger partial charge in [-0.1, -0.05) is 5.16 Å². The number of carbonyl (C=O) groups is 2. The molecule has 18 heavy (non-hydrogen) atoms. The predicted molar refractivity (Wildman–Crippen MR) is 60.1 cm³/mol. The van der Waals surface area contributed by atoms with Gasteiger partial charge in [0.05, 0.1) is 19.7 Å². The van der Waals surface area contributed by atoms with Crippen molar-refractivity contribution in [1.82, 2.24) is 15.8 Å². The number of carboxylic acids is 1. The lowest BCUT2D eigenvalue weighted by atomic mass is 10.3. The quantitative estimate of drug-likeness (QED) is 0.524. The Balaban J connectivity index is 2.20. The molecule has 0 bridgehead atoms. The SMILES string of the molecule is COCCNC(=O)CNCc1cc(C(=O)O)no1. The summed E-state index contributed by atoms with van der Waals surface area (Å²) in [6.45, 7) is 1.24. The maximum Gasteiger partial charge on any atom is 0.358 e. The van der Waals surface area contributed by atoms with E-state index < -0.39 is 5.97 Å². The Morgan fingerprint density at radius 2 is 2.33 bits per heavy atom. The van der Waals surface area contributed by atoms with Crippen molar-refractivity contribution in [2.24, 2.45) is 0 Å². The van der Waals surface area contributed by atoms with Crippen LogP contribution >= 0.6 is 0 Å². The van der Waals surface area contributed by atoms with E-state index in [1.54, 1.807) is 7.11 Å². The summed E-state index contributed by atoms with van der Waals surface area (Å²) in [5.74, 6) is -0.968. The Kier molecular flexibility index (Phi) is 5.81. The van der Waals surface area contributed by atoms with E-state index in [4.69, 9.17) is 14.4 Å². The molecular weight excluding hydrogens is 242 g/mol. The Labute approximate surface area is 103 Å². The molecule has 3 N–H and O–H groups in total. The van der Waals surface area contributed by atoms with E-state index in [2.05, 4.69) is 15.8 Å². The molecule has 0 aliphatic heterocycles. The van der Waals surface area contributed by atoms with Crippen molar-refractivity contribution in [2.45, 2.75) is 6.54 Å². The van der Waals surface area contributed by atoms with Crippen molar-refractivity contribution in [1.29, 1.82) is 0 Å². The number of rotatable bonds is 8. The number of ether oxygens (including phenoxy) is 1. The van der Waals surface area contributed by atoms with Crippen molar-refractivity contribution < 1.29 is 24.0 Å². The Morgan fingerprint density at radius 1 is 1.56 bits per heavy atom. The molecule has 1 amide bonds. The number of carbonyl (C=O) groups excluding carboxylic acids is 1. The van der Waals surface area contributed by atoms with Gasteiger partial charge in [-0.05, 0) is 0 Å². The van der Waals surface area contributed by atoms with Gasteiger partial charge in [0.2, 0.25) is 5.91 Å². The van der Waals surface area contributed by atoms with Crippen LogP contribution in [-0.4, -0.2) is 48.9 Å². The van der Waals surface area contributed by atoms with Gasteiger partial charge in [0.25, 0.3) is 0 Å². The molecule has 0 saturated carbocycles. The van der Waals surface area contributed by atoms with Crippen LogP contribution in [-0.2, 0) is 16.1 Å². The Hall–Kier alpha value is -1.93. The maximum atomic E-state index is 11.3. The molecule has 0 saturated heterocycles. The predicted octanol–water partition coefficient (Wildman–Crippen LogP) is -0.775. The lowest BCUT2D eigenvalue weighted by Gasteiger charge is -2.04.